The second kappa shape index (κ2) is 10.7. The van der Waals surface area contributed by atoms with Crippen LogP contribution in [0.5, 0.6) is 5.75 Å². The van der Waals surface area contributed by atoms with E-state index >= 15 is 0 Å². The van der Waals surface area contributed by atoms with E-state index in [1.165, 1.54) is 36.8 Å². The van der Waals surface area contributed by atoms with Crippen LogP contribution in [0.15, 0.2) is 18.2 Å². The second-order valence-electron chi connectivity index (χ2n) is 6.74. The lowest BCUT2D eigenvalue weighted by Crippen LogP contribution is -2.43. The van der Waals surface area contributed by atoms with Gasteiger partial charge in [-0.05, 0) is 49.8 Å². The molecule has 132 valence electrons. The molecular weight excluding hydrogens is 286 g/mol. The first-order valence-corrected chi connectivity index (χ1v) is 9.16. The third-order valence-corrected chi connectivity index (χ3v) is 4.68. The van der Waals surface area contributed by atoms with Crippen molar-refractivity contribution in [3.8, 4) is 5.75 Å². The maximum absolute atomic E-state index is 9.39. The molecule has 0 saturated carbocycles. The van der Waals surface area contributed by atoms with E-state index in [0.29, 0.717) is 0 Å². The van der Waals surface area contributed by atoms with Crippen LogP contribution in [-0.4, -0.2) is 23.9 Å². The molecule has 0 radical (unpaired) electrons. The summed E-state index contributed by atoms with van der Waals surface area (Å²) in [5.41, 5.74) is 8.14. The van der Waals surface area contributed by atoms with Crippen LogP contribution in [0.3, 0.4) is 0 Å². The van der Waals surface area contributed by atoms with Gasteiger partial charge < -0.3 is 15.6 Å². The van der Waals surface area contributed by atoms with Crippen molar-refractivity contribution in [2.24, 2.45) is 5.73 Å². The molecule has 0 saturated heterocycles. The van der Waals surface area contributed by atoms with Crippen molar-refractivity contribution in [2.75, 3.05) is 13.2 Å². The summed E-state index contributed by atoms with van der Waals surface area (Å²) < 4.78 is 5.90. The zero-order chi connectivity index (χ0) is 17.1. The maximum atomic E-state index is 9.39. The molecule has 1 unspecified atom stereocenters. The number of aryl methyl sites for hydroxylation is 2. The van der Waals surface area contributed by atoms with Crippen molar-refractivity contribution in [1.82, 2.24) is 0 Å². The Kier molecular flexibility index (Phi) is 9.27. The van der Waals surface area contributed by atoms with E-state index in [-0.39, 0.29) is 6.61 Å². The Bertz CT molecular complexity index is 441. The lowest BCUT2D eigenvalue weighted by Gasteiger charge is -2.25. The zero-order valence-electron chi connectivity index (χ0n) is 15.2. The molecule has 0 amide bonds. The highest BCUT2D eigenvalue weighted by atomic mass is 16.5. The van der Waals surface area contributed by atoms with Gasteiger partial charge in [-0.15, -0.1) is 0 Å². The highest BCUT2D eigenvalue weighted by molar-refractivity contribution is 5.36. The second-order valence-corrected chi connectivity index (χ2v) is 6.74. The number of rotatable bonds is 12. The van der Waals surface area contributed by atoms with Gasteiger partial charge in [0.15, 0.2) is 0 Å². The number of aliphatic hydroxyl groups is 1. The van der Waals surface area contributed by atoms with Crippen LogP contribution in [0.1, 0.15) is 69.9 Å². The summed E-state index contributed by atoms with van der Waals surface area (Å²) in [6, 6.07) is 6.37. The van der Waals surface area contributed by atoms with Gasteiger partial charge in [-0.2, -0.15) is 0 Å². The molecule has 23 heavy (non-hydrogen) atoms. The summed E-state index contributed by atoms with van der Waals surface area (Å²) in [6.45, 7) is 7.20. The molecule has 3 nitrogen and oxygen atoms in total. The third-order valence-electron chi connectivity index (χ3n) is 4.68. The van der Waals surface area contributed by atoms with Crippen LogP contribution in [0, 0.1) is 6.92 Å². The van der Waals surface area contributed by atoms with Gasteiger partial charge in [-0.1, -0.05) is 51.7 Å². The molecular formula is C20H35NO2. The van der Waals surface area contributed by atoms with Crippen molar-refractivity contribution in [3.05, 3.63) is 29.3 Å². The van der Waals surface area contributed by atoms with E-state index in [0.717, 1.165) is 38.0 Å². The first-order valence-electron chi connectivity index (χ1n) is 9.16. The average molecular weight is 322 g/mol. The van der Waals surface area contributed by atoms with Crippen molar-refractivity contribution in [3.63, 3.8) is 0 Å². The van der Waals surface area contributed by atoms with E-state index in [2.05, 4.69) is 32.0 Å². The Hall–Kier alpha value is -1.06. The van der Waals surface area contributed by atoms with E-state index in [1.807, 2.05) is 6.92 Å². The summed E-state index contributed by atoms with van der Waals surface area (Å²) in [4.78, 5) is 0. The quantitative estimate of drug-likeness (QED) is 0.562. The third kappa shape index (κ3) is 7.36. The van der Waals surface area contributed by atoms with Gasteiger partial charge in [0.05, 0.1) is 13.2 Å². The van der Waals surface area contributed by atoms with Gasteiger partial charge in [0.2, 0.25) is 0 Å². The van der Waals surface area contributed by atoms with Crippen LogP contribution in [0.2, 0.25) is 0 Å². The lowest BCUT2D eigenvalue weighted by molar-refractivity contribution is 0.183. The molecule has 0 spiro atoms. The first kappa shape index (κ1) is 20.0. The number of benzene rings is 1. The molecule has 1 aromatic rings. The molecule has 3 N–H and O–H groups in total. The Labute approximate surface area is 142 Å². The number of hydrogen-bond acceptors (Lipinski definition) is 3. The molecule has 0 heterocycles. The fourth-order valence-corrected chi connectivity index (χ4v) is 2.68. The van der Waals surface area contributed by atoms with E-state index in [9.17, 15) is 5.11 Å². The molecule has 0 aliphatic rings. The summed E-state index contributed by atoms with van der Waals surface area (Å²) >= 11 is 0. The predicted molar refractivity (Wildman–Crippen MR) is 98.0 cm³/mol. The number of ether oxygens (including phenoxy) is 1. The summed E-state index contributed by atoms with van der Waals surface area (Å²) in [5, 5.41) is 9.39. The zero-order valence-corrected chi connectivity index (χ0v) is 15.2. The standard InChI is InChI=1S/C20H35NO2/c1-4-6-7-8-9-14-23-19-11-10-18(15-17(19)3)12-13-20(21,5-2)16-22/h10-11,15,22H,4-9,12-14,16,21H2,1-3H3. The van der Waals surface area contributed by atoms with Crippen molar-refractivity contribution in [1.29, 1.82) is 0 Å². The van der Waals surface area contributed by atoms with Gasteiger partial charge in [0.25, 0.3) is 0 Å². The smallest absolute Gasteiger partial charge is 0.122 e. The fraction of sp³-hybridized carbons (Fsp3) is 0.700. The SMILES string of the molecule is CCCCCCCOc1ccc(CCC(N)(CC)CO)cc1C. The van der Waals surface area contributed by atoms with Crippen LogP contribution >= 0.6 is 0 Å². The Morgan fingerprint density at radius 1 is 1.13 bits per heavy atom. The average Bonchev–Trinajstić information content (AvgIpc) is 2.57. The minimum absolute atomic E-state index is 0.0434. The molecule has 0 bridgehead atoms. The van der Waals surface area contributed by atoms with Crippen molar-refractivity contribution >= 4 is 0 Å². The van der Waals surface area contributed by atoms with Crippen LogP contribution < -0.4 is 10.5 Å². The number of unbranched alkanes of at least 4 members (excludes halogenated alkanes) is 4. The van der Waals surface area contributed by atoms with Gasteiger partial charge in [-0.3, -0.25) is 0 Å². The Morgan fingerprint density at radius 2 is 1.87 bits per heavy atom. The van der Waals surface area contributed by atoms with Gasteiger partial charge in [0, 0.05) is 5.54 Å². The van der Waals surface area contributed by atoms with Crippen molar-refractivity contribution < 1.29 is 9.84 Å². The molecule has 0 aromatic heterocycles. The summed E-state index contributed by atoms with van der Waals surface area (Å²) in [7, 11) is 0. The van der Waals surface area contributed by atoms with Gasteiger partial charge >= 0.3 is 0 Å². The number of nitrogens with two attached hydrogens (primary N) is 1. The topological polar surface area (TPSA) is 55.5 Å². The number of hydrogen-bond donors (Lipinski definition) is 2. The lowest BCUT2D eigenvalue weighted by atomic mass is 9.90. The normalized spacial score (nSPS) is 13.8. The molecule has 0 aliphatic heterocycles. The Morgan fingerprint density at radius 3 is 2.48 bits per heavy atom. The molecule has 3 heteroatoms. The molecule has 1 atom stereocenters. The van der Waals surface area contributed by atoms with Gasteiger partial charge in [-0.25, -0.2) is 0 Å². The molecule has 0 aliphatic carbocycles. The molecule has 1 aromatic carbocycles. The minimum Gasteiger partial charge on any atom is -0.493 e. The highest BCUT2D eigenvalue weighted by Gasteiger charge is 2.21. The summed E-state index contributed by atoms with van der Waals surface area (Å²) in [6.07, 6.45) is 8.77. The van der Waals surface area contributed by atoms with Crippen LogP contribution in [0.4, 0.5) is 0 Å². The summed E-state index contributed by atoms with van der Waals surface area (Å²) in [5.74, 6) is 0.987. The van der Waals surface area contributed by atoms with E-state index in [1.54, 1.807) is 0 Å². The number of aliphatic hydroxyl groups excluding tert-OH is 1. The van der Waals surface area contributed by atoms with Gasteiger partial charge in [0.1, 0.15) is 5.75 Å². The first-order chi connectivity index (χ1) is 11.0. The highest BCUT2D eigenvalue weighted by Crippen LogP contribution is 2.22. The van der Waals surface area contributed by atoms with Crippen LogP contribution in [-0.2, 0) is 6.42 Å². The monoisotopic (exact) mass is 321 g/mol. The van der Waals surface area contributed by atoms with Crippen LogP contribution in [0.25, 0.3) is 0 Å². The largest absolute Gasteiger partial charge is 0.493 e. The predicted octanol–water partition coefficient (Wildman–Crippen LogP) is 4.38. The van der Waals surface area contributed by atoms with E-state index in [4.69, 9.17) is 10.5 Å². The fourth-order valence-electron chi connectivity index (χ4n) is 2.68. The van der Waals surface area contributed by atoms with Crippen molar-refractivity contribution in [2.45, 2.75) is 77.7 Å². The molecule has 1 rings (SSSR count). The van der Waals surface area contributed by atoms with E-state index < -0.39 is 5.54 Å². The maximum Gasteiger partial charge on any atom is 0.122 e. The minimum atomic E-state index is -0.457. The molecule has 0 fully saturated rings. The Balaban J connectivity index is 2.42.